The number of aromatic nitrogens is 4. The van der Waals surface area contributed by atoms with Gasteiger partial charge in [-0.25, -0.2) is 4.98 Å². The lowest BCUT2D eigenvalue weighted by molar-refractivity contribution is 0.771. The maximum absolute atomic E-state index is 4.69. The molecule has 7 heteroatoms. The summed E-state index contributed by atoms with van der Waals surface area (Å²) < 4.78 is 0. The fraction of sp³-hybridized carbons (Fsp3) is 0.615. The van der Waals surface area contributed by atoms with Crippen molar-refractivity contribution >= 4 is 34.7 Å². The van der Waals surface area contributed by atoms with E-state index in [4.69, 9.17) is 4.98 Å². The summed E-state index contributed by atoms with van der Waals surface area (Å²) in [7, 11) is 0. The van der Waals surface area contributed by atoms with E-state index in [9.17, 15) is 0 Å². The van der Waals surface area contributed by atoms with Crippen LogP contribution in [0.3, 0.4) is 0 Å². The number of H-pyrrole nitrogens is 1. The zero-order valence-corrected chi connectivity index (χ0v) is 12.7. The van der Waals surface area contributed by atoms with Crippen LogP contribution in [0.25, 0.3) is 11.2 Å². The highest BCUT2D eigenvalue weighted by Crippen LogP contribution is 2.27. The average molecular weight is 292 g/mol. The van der Waals surface area contributed by atoms with Gasteiger partial charge in [-0.1, -0.05) is 13.8 Å². The number of nitrogens with one attached hydrogen (secondary N) is 2. The normalized spacial score (nSPS) is 19.5. The van der Waals surface area contributed by atoms with E-state index in [1.807, 2.05) is 11.8 Å². The quantitative estimate of drug-likeness (QED) is 0.899. The van der Waals surface area contributed by atoms with Crippen LogP contribution in [0.15, 0.2) is 6.33 Å². The molecule has 0 radical (unpaired) electrons. The highest BCUT2D eigenvalue weighted by Gasteiger charge is 2.21. The van der Waals surface area contributed by atoms with E-state index in [1.54, 1.807) is 6.33 Å². The van der Waals surface area contributed by atoms with Gasteiger partial charge in [-0.05, 0) is 6.42 Å². The molecule has 1 atom stereocenters. The Labute approximate surface area is 122 Å². The molecule has 0 bridgehead atoms. The monoisotopic (exact) mass is 292 g/mol. The molecule has 0 aromatic carbocycles. The number of imidazole rings is 1. The van der Waals surface area contributed by atoms with Crippen molar-refractivity contribution in [3.63, 3.8) is 0 Å². The molecule has 2 aromatic rings. The molecule has 1 unspecified atom stereocenters. The van der Waals surface area contributed by atoms with Crippen molar-refractivity contribution < 1.29 is 0 Å². The number of nitrogens with zero attached hydrogens (tertiary/aromatic N) is 4. The molecule has 3 rings (SSSR count). The zero-order chi connectivity index (χ0) is 13.9. The smallest absolute Gasteiger partial charge is 0.226 e. The minimum atomic E-state index is 0.628. The van der Waals surface area contributed by atoms with E-state index in [0.717, 1.165) is 48.8 Å². The summed E-state index contributed by atoms with van der Waals surface area (Å²) >= 11 is 2.02. The van der Waals surface area contributed by atoms with Crippen LogP contribution in [0.4, 0.5) is 11.8 Å². The second-order valence-electron chi connectivity index (χ2n) is 5.03. The molecule has 0 aliphatic carbocycles. The number of hydrogen-bond acceptors (Lipinski definition) is 6. The molecule has 1 aliphatic rings. The van der Waals surface area contributed by atoms with Crippen LogP contribution in [-0.2, 0) is 0 Å². The second kappa shape index (κ2) is 5.87. The van der Waals surface area contributed by atoms with E-state index in [1.165, 1.54) is 0 Å². The van der Waals surface area contributed by atoms with Gasteiger partial charge in [-0.2, -0.15) is 21.7 Å². The van der Waals surface area contributed by atoms with Crippen LogP contribution in [0.5, 0.6) is 0 Å². The van der Waals surface area contributed by atoms with Gasteiger partial charge in [0.15, 0.2) is 11.5 Å². The Bertz CT molecular complexity index is 583. The van der Waals surface area contributed by atoms with E-state index < -0.39 is 0 Å². The lowest BCUT2D eigenvalue weighted by Crippen LogP contribution is -2.37. The largest absolute Gasteiger partial charge is 0.354 e. The lowest BCUT2D eigenvalue weighted by Gasteiger charge is -2.31. The first-order chi connectivity index (χ1) is 9.78. The molecule has 1 saturated heterocycles. The van der Waals surface area contributed by atoms with Crippen LogP contribution in [-0.4, -0.2) is 50.6 Å². The van der Waals surface area contributed by atoms with Crippen LogP contribution in [0, 0.1) is 0 Å². The Hall–Kier alpha value is -1.50. The Morgan fingerprint density at radius 3 is 3.20 bits per heavy atom. The van der Waals surface area contributed by atoms with Crippen LogP contribution in [0.1, 0.15) is 20.3 Å². The molecule has 0 saturated carbocycles. The molecular weight excluding hydrogens is 272 g/mol. The van der Waals surface area contributed by atoms with Crippen LogP contribution < -0.4 is 10.2 Å². The van der Waals surface area contributed by atoms with E-state index in [-0.39, 0.29) is 0 Å². The van der Waals surface area contributed by atoms with Gasteiger partial charge in [0.05, 0.1) is 6.33 Å². The van der Waals surface area contributed by atoms with Crippen LogP contribution >= 0.6 is 11.8 Å². The topological polar surface area (TPSA) is 69.7 Å². The van der Waals surface area contributed by atoms with E-state index >= 15 is 0 Å². The van der Waals surface area contributed by atoms with Gasteiger partial charge in [-0.3, -0.25) is 0 Å². The number of anilines is 2. The summed E-state index contributed by atoms with van der Waals surface area (Å²) in [6.07, 6.45) is 2.74. The van der Waals surface area contributed by atoms with Crippen LogP contribution in [0.2, 0.25) is 0 Å². The first kappa shape index (κ1) is 13.5. The second-order valence-corrected chi connectivity index (χ2v) is 6.57. The lowest BCUT2D eigenvalue weighted by atomic mass is 10.3. The molecule has 3 heterocycles. The highest BCUT2D eigenvalue weighted by atomic mass is 32.2. The van der Waals surface area contributed by atoms with Gasteiger partial charge in [0.25, 0.3) is 0 Å². The number of aromatic amines is 1. The molecule has 20 heavy (non-hydrogen) atoms. The molecule has 2 N–H and O–H groups in total. The summed E-state index contributed by atoms with van der Waals surface area (Å²) in [5, 5.41) is 3.89. The molecule has 108 valence electrons. The maximum atomic E-state index is 4.69. The van der Waals surface area contributed by atoms with E-state index in [2.05, 4.69) is 39.0 Å². The summed E-state index contributed by atoms with van der Waals surface area (Å²) in [6, 6.07) is 0. The van der Waals surface area contributed by atoms with Crippen molar-refractivity contribution in [1.29, 1.82) is 0 Å². The first-order valence-electron chi connectivity index (χ1n) is 7.09. The van der Waals surface area contributed by atoms with Crippen molar-refractivity contribution in [2.75, 3.05) is 35.6 Å². The molecule has 0 amide bonds. The predicted octanol–water partition coefficient (Wildman–Crippen LogP) is 2.12. The average Bonchev–Trinajstić information content (AvgIpc) is 2.92. The Kier molecular flexibility index (Phi) is 3.95. The molecule has 6 nitrogen and oxygen atoms in total. The van der Waals surface area contributed by atoms with E-state index in [0.29, 0.717) is 11.2 Å². The Morgan fingerprint density at radius 1 is 1.50 bits per heavy atom. The third kappa shape index (κ3) is 2.67. The molecule has 1 aliphatic heterocycles. The molecule has 1 fully saturated rings. The highest BCUT2D eigenvalue weighted by molar-refractivity contribution is 8.00. The minimum Gasteiger partial charge on any atom is -0.354 e. The Balaban J connectivity index is 1.96. The summed E-state index contributed by atoms with van der Waals surface area (Å²) in [6.45, 7) is 7.31. The number of fused-ring (bicyclic) bond motifs is 1. The first-order valence-corrected chi connectivity index (χ1v) is 8.14. The number of rotatable bonds is 4. The molecular formula is C13H20N6S. The van der Waals surface area contributed by atoms with Gasteiger partial charge >= 0.3 is 0 Å². The standard InChI is InChI=1S/C13H20N6S/c1-3-4-14-13-17-11-10(15-8-16-11)12(18-13)19-5-6-20-9(2)7-19/h8-9H,3-7H2,1-2H3,(H2,14,15,16,17,18). The SMILES string of the molecule is CCCNc1nc(N2CCSC(C)C2)c2[nH]cnc2n1. The maximum Gasteiger partial charge on any atom is 0.226 e. The van der Waals surface area contributed by atoms with Gasteiger partial charge in [0, 0.05) is 30.6 Å². The predicted molar refractivity (Wildman–Crippen MR) is 84.6 cm³/mol. The molecule has 2 aromatic heterocycles. The minimum absolute atomic E-state index is 0.628. The summed E-state index contributed by atoms with van der Waals surface area (Å²) in [5.74, 6) is 2.78. The Morgan fingerprint density at radius 2 is 2.40 bits per heavy atom. The third-order valence-electron chi connectivity index (χ3n) is 3.34. The van der Waals surface area contributed by atoms with Crippen molar-refractivity contribution in [3.05, 3.63) is 6.33 Å². The number of thioether (sulfide) groups is 1. The zero-order valence-electron chi connectivity index (χ0n) is 11.9. The van der Waals surface area contributed by atoms with Crippen molar-refractivity contribution in [2.24, 2.45) is 0 Å². The summed E-state index contributed by atoms with van der Waals surface area (Å²) in [4.78, 5) is 18.9. The van der Waals surface area contributed by atoms with Crippen molar-refractivity contribution in [3.8, 4) is 0 Å². The third-order valence-corrected chi connectivity index (χ3v) is 4.48. The fourth-order valence-electron chi connectivity index (χ4n) is 2.37. The van der Waals surface area contributed by atoms with Gasteiger partial charge in [0.2, 0.25) is 5.95 Å². The van der Waals surface area contributed by atoms with Crippen molar-refractivity contribution in [2.45, 2.75) is 25.5 Å². The van der Waals surface area contributed by atoms with Gasteiger partial charge < -0.3 is 15.2 Å². The molecule has 0 spiro atoms. The summed E-state index contributed by atoms with van der Waals surface area (Å²) in [5.41, 5.74) is 1.67. The van der Waals surface area contributed by atoms with Gasteiger partial charge in [0.1, 0.15) is 5.52 Å². The fourth-order valence-corrected chi connectivity index (χ4v) is 3.39. The van der Waals surface area contributed by atoms with Gasteiger partial charge in [-0.15, -0.1) is 0 Å². The van der Waals surface area contributed by atoms with Crippen molar-refractivity contribution in [1.82, 2.24) is 19.9 Å². The number of hydrogen-bond donors (Lipinski definition) is 2.